The minimum Gasteiger partial charge on any atom is -0.271 e. The number of hydrogen-bond acceptors (Lipinski definition) is 3. The summed E-state index contributed by atoms with van der Waals surface area (Å²) in [6, 6.07) is 4.51. The Labute approximate surface area is 105 Å². The number of pyridine rings is 1. The lowest BCUT2D eigenvalue weighted by molar-refractivity contribution is 0.311. The molecule has 0 aliphatic heterocycles. The summed E-state index contributed by atoms with van der Waals surface area (Å²) in [6.07, 6.45) is 9.61. The second-order valence-corrected chi connectivity index (χ2v) is 4.67. The van der Waals surface area contributed by atoms with E-state index in [4.69, 9.17) is 5.84 Å². The van der Waals surface area contributed by atoms with Crippen molar-refractivity contribution in [1.29, 1.82) is 0 Å². The fourth-order valence-corrected chi connectivity index (χ4v) is 2.42. The van der Waals surface area contributed by atoms with Gasteiger partial charge in [-0.2, -0.15) is 0 Å². The Hall–Kier alpha value is -0.930. The third-order valence-corrected chi connectivity index (χ3v) is 3.31. The first-order chi connectivity index (χ1) is 8.31. The van der Waals surface area contributed by atoms with E-state index in [1.54, 1.807) is 0 Å². The second-order valence-electron chi connectivity index (χ2n) is 4.67. The van der Waals surface area contributed by atoms with Crippen LogP contribution in [0.3, 0.4) is 0 Å². The van der Waals surface area contributed by atoms with E-state index in [9.17, 15) is 0 Å². The zero-order valence-electron chi connectivity index (χ0n) is 11.0. The van der Waals surface area contributed by atoms with Gasteiger partial charge in [0, 0.05) is 18.4 Å². The zero-order chi connectivity index (χ0) is 12.5. The van der Waals surface area contributed by atoms with Crippen molar-refractivity contribution in [1.82, 2.24) is 10.4 Å². The van der Waals surface area contributed by atoms with Crippen molar-refractivity contribution in [2.45, 2.75) is 52.0 Å². The molecule has 1 atom stereocenters. The second kappa shape index (κ2) is 8.20. The molecule has 0 amide bonds. The van der Waals surface area contributed by atoms with Gasteiger partial charge in [0.2, 0.25) is 0 Å². The Balaban J connectivity index is 2.61. The number of hydrazine groups is 1. The van der Waals surface area contributed by atoms with Gasteiger partial charge in [0.1, 0.15) is 0 Å². The molecule has 0 spiro atoms. The first-order valence-electron chi connectivity index (χ1n) is 6.66. The molecule has 1 aromatic heterocycles. The van der Waals surface area contributed by atoms with Crippen molar-refractivity contribution >= 4 is 0 Å². The fraction of sp³-hybridized carbons (Fsp3) is 0.643. The molecule has 3 heteroatoms. The molecule has 0 saturated carbocycles. The van der Waals surface area contributed by atoms with Crippen LogP contribution in [0, 0.1) is 5.92 Å². The molecule has 0 bridgehead atoms. The highest BCUT2D eigenvalue weighted by Gasteiger charge is 2.19. The summed E-state index contributed by atoms with van der Waals surface area (Å²) >= 11 is 0. The molecule has 0 radical (unpaired) electrons. The van der Waals surface area contributed by atoms with Gasteiger partial charge in [0.15, 0.2) is 0 Å². The highest BCUT2D eigenvalue weighted by molar-refractivity contribution is 5.11. The van der Waals surface area contributed by atoms with Crippen LogP contribution in [0.1, 0.15) is 45.1 Å². The predicted octanol–water partition coefficient (Wildman–Crippen LogP) is 2.67. The molecule has 3 nitrogen and oxygen atoms in total. The maximum atomic E-state index is 5.72. The first kappa shape index (κ1) is 14.1. The summed E-state index contributed by atoms with van der Waals surface area (Å²) in [7, 11) is 0. The third kappa shape index (κ3) is 4.84. The summed E-state index contributed by atoms with van der Waals surface area (Å²) in [4.78, 5) is 4.04. The Kier molecular flexibility index (Phi) is 6.82. The van der Waals surface area contributed by atoms with E-state index < -0.39 is 0 Å². The number of hydrogen-bond donors (Lipinski definition) is 2. The van der Waals surface area contributed by atoms with Crippen LogP contribution in [0.2, 0.25) is 0 Å². The molecule has 17 heavy (non-hydrogen) atoms. The van der Waals surface area contributed by atoms with Crippen molar-refractivity contribution in [3.8, 4) is 0 Å². The number of aromatic nitrogens is 1. The van der Waals surface area contributed by atoms with Crippen LogP contribution < -0.4 is 11.3 Å². The van der Waals surface area contributed by atoms with Gasteiger partial charge >= 0.3 is 0 Å². The predicted molar refractivity (Wildman–Crippen MR) is 72.4 cm³/mol. The van der Waals surface area contributed by atoms with E-state index >= 15 is 0 Å². The average molecular weight is 235 g/mol. The Morgan fingerprint density at radius 3 is 2.24 bits per heavy atom. The molecule has 0 saturated heterocycles. The minimum absolute atomic E-state index is 0.372. The standard InChI is InChI=1S/C14H25N3/c1-3-5-13(6-4-2)14(17-15)11-12-7-9-16-10-8-12/h7-10,13-14,17H,3-6,11,15H2,1-2H3. The normalized spacial score (nSPS) is 12.9. The average Bonchev–Trinajstić information content (AvgIpc) is 2.37. The molecule has 3 N–H and O–H groups in total. The highest BCUT2D eigenvalue weighted by atomic mass is 15.2. The van der Waals surface area contributed by atoms with Crippen LogP contribution in [0.5, 0.6) is 0 Å². The fourth-order valence-electron chi connectivity index (χ4n) is 2.42. The monoisotopic (exact) mass is 235 g/mol. The zero-order valence-corrected chi connectivity index (χ0v) is 11.0. The molecule has 1 heterocycles. The number of nitrogens with zero attached hydrogens (tertiary/aromatic N) is 1. The summed E-state index contributed by atoms with van der Waals surface area (Å²) in [5.41, 5.74) is 4.31. The van der Waals surface area contributed by atoms with E-state index in [0.29, 0.717) is 12.0 Å². The van der Waals surface area contributed by atoms with Gasteiger partial charge in [0.25, 0.3) is 0 Å². The van der Waals surface area contributed by atoms with Crippen molar-refractivity contribution in [3.63, 3.8) is 0 Å². The van der Waals surface area contributed by atoms with Gasteiger partial charge in [-0.25, -0.2) is 0 Å². The van der Waals surface area contributed by atoms with Crippen LogP contribution in [0.15, 0.2) is 24.5 Å². The summed E-state index contributed by atoms with van der Waals surface area (Å²) in [6.45, 7) is 4.48. The molecule has 0 aliphatic rings. The van der Waals surface area contributed by atoms with Crippen molar-refractivity contribution in [2.24, 2.45) is 11.8 Å². The van der Waals surface area contributed by atoms with Crippen LogP contribution >= 0.6 is 0 Å². The third-order valence-electron chi connectivity index (χ3n) is 3.31. The van der Waals surface area contributed by atoms with Crippen LogP contribution in [-0.4, -0.2) is 11.0 Å². The van der Waals surface area contributed by atoms with Gasteiger partial charge in [-0.15, -0.1) is 0 Å². The lowest BCUT2D eigenvalue weighted by atomic mass is 9.87. The van der Waals surface area contributed by atoms with E-state index in [1.807, 2.05) is 12.4 Å². The van der Waals surface area contributed by atoms with Crippen LogP contribution in [-0.2, 0) is 6.42 Å². The maximum absolute atomic E-state index is 5.72. The molecule has 1 rings (SSSR count). The molecule has 1 unspecified atom stereocenters. The van der Waals surface area contributed by atoms with Crippen LogP contribution in [0.25, 0.3) is 0 Å². The number of nitrogens with one attached hydrogen (secondary N) is 1. The van der Waals surface area contributed by atoms with E-state index in [-0.39, 0.29) is 0 Å². The molecule has 0 fully saturated rings. The van der Waals surface area contributed by atoms with Gasteiger partial charge in [-0.05, 0) is 42.9 Å². The summed E-state index contributed by atoms with van der Waals surface area (Å²) in [5, 5.41) is 0. The number of nitrogens with two attached hydrogens (primary N) is 1. The Morgan fingerprint density at radius 1 is 1.18 bits per heavy atom. The Morgan fingerprint density at radius 2 is 1.76 bits per heavy atom. The van der Waals surface area contributed by atoms with Gasteiger partial charge < -0.3 is 0 Å². The van der Waals surface area contributed by atoms with E-state index in [1.165, 1.54) is 31.2 Å². The quantitative estimate of drug-likeness (QED) is 0.538. The largest absolute Gasteiger partial charge is 0.271 e. The lowest BCUT2D eigenvalue weighted by Crippen LogP contribution is -2.42. The maximum Gasteiger partial charge on any atom is 0.0279 e. The van der Waals surface area contributed by atoms with Gasteiger partial charge in [-0.1, -0.05) is 26.7 Å². The molecule has 0 aromatic carbocycles. The van der Waals surface area contributed by atoms with Gasteiger partial charge in [-0.3, -0.25) is 16.3 Å². The summed E-state index contributed by atoms with van der Waals surface area (Å²) < 4.78 is 0. The highest BCUT2D eigenvalue weighted by Crippen LogP contribution is 2.20. The van der Waals surface area contributed by atoms with E-state index in [0.717, 1.165) is 6.42 Å². The lowest BCUT2D eigenvalue weighted by Gasteiger charge is -2.26. The molecular weight excluding hydrogens is 210 g/mol. The Bertz CT molecular complexity index is 281. The molecular formula is C14H25N3. The van der Waals surface area contributed by atoms with Crippen molar-refractivity contribution in [2.75, 3.05) is 0 Å². The first-order valence-corrected chi connectivity index (χ1v) is 6.66. The molecule has 96 valence electrons. The van der Waals surface area contributed by atoms with Crippen molar-refractivity contribution < 1.29 is 0 Å². The van der Waals surface area contributed by atoms with Crippen LogP contribution in [0.4, 0.5) is 0 Å². The topological polar surface area (TPSA) is 50.9 Å². The smallest absolute Gasteiger partial charge is 0.0279 e. The van der Waals surface area contributed by atoms with Crippen molar-refractivity contribution in [3.05, 3.63) is 30.1 Å². The van der Waals surface area contributed by atoms with E-state index in [2.05, 4.69) is 36.4 Å². The molecule has 0 aliphatic carbocycles. The van der Waals surface area contributed by atoms with Gasteiger partial charge in [0.05, 0.1) is 0 Å². The minimum atomic E-state index is 0.372. The summed E-state index contributed by atoms with van der Waals surface area (Å²) in [5.74, 6) is 6.39. The number of rotatable bonds is 8. The SMILES string of the molecule is CCCC(CCC)C(Cc1ccncc1)NN. The molecule has 1 aromatic rings.